The zero-order valence-electron chi connectivity index (χ0n) is 10.1. The Morgan fingerprint density at radius 1 is 1.14 bits per heavy atom. The van der Waals surface area contributed by atoms with Crippen molar-refractivity contribution in [2.24, 2.45) is 5.92 Å². The second-order valence-electron chi connectivity index (χ2n) is 5.99. The second-order valence-corrected chi connectivity index (χ2v) is 10.7. The van der Waals surface area contributed by atoms with Gasteiger partial charge in [-0.3, -0.25) is 0 Å². The Hall–Kier alpha value is 0.177. The second kappa shape index (κ2) is 3.97. The van der Waals surface area contributed by atoms with Crippen LogP contribution in [-0.2, 0) is 0 Å². The van der Waals surface area contributed by atoms with Crippen LogP contribution in [0.5, 0.6) is 0 Å². The first-order valence-electron chi connectivity index (χ1n) is 6.33. The molecule has 2 heteroatoms. The molecule has 2 fully saturated rings. The third-order valence-corrected chi connectivity index (χ3v) is 9.76. The van der Waals surface area contributed by atoms with Crippen molar-refractivity contribution < 1.29 is 0 Å². The summed E-state index contributed by atoms with van der Waals surface area (Å²) in [7, 11) is 1.58. The van der Waals surface area contributed by atoms with Crippen LogP contribution in [0.3, 0.4) is 0 Å². The van der Waals surface area contributed by atoms with Crippen molar-refractivity contribution >= 4 is 8.07 Å². The van der Waals surface area contributed by atoms with Gasteiger partial charge in [-0.1, -0.05) is 45.2 Å². The summed E-state index contributed by atoms with van der Waals surface area (Å²) in [5.74, 6) is 0.869. The quantitative estimate of drug-likeness (QED) is 0.602. The summed E-state index contributed by atoms with van der Waals surface area (Å²) in [5, 5.41) is 0. The zero-order chi connectivity index (χ0) is 10.2. The highest BCUT2D eigenvalue weighted by Crippen LogP contribution is 2.40. The summed E-state index contributed by atoms with van der Waals surface area (Å²) in [6.07, 6.45) is 6.12. The average molecular weight is 211 g/mol. The van der Waals surface area contributed by atoms with Crippen LogP contribution in [0.1, 0.15) is 33.1 Å². The molecule has 2 heterocycles. The Bertz CT molecular complexity index is 196. The zero-order valence-corrected chi connectivity index (χ0v) is 11.1. The van der Waals surface area contributed by atoms with E-state index in [0.29, 0.717) is 0 Å². The van der Waals surface area contributed by atoms with Crippen LogP contribution in [0.2, 0.25) is 18.1 Å². The molecule has 0 aromatic heterocycles. The maximum absolute atomic E-state index is 2.68. The highest BCUT2D eigenvalue weighted by atomic mass is 28.3. The fourth-order valence-electron chi connectivity index (χ4n) is 3.72. The maximum atomic E-state index is 2.68. The van der Waals surface area contributed by atoms with E-state index in [0.717, 1.165) is 12.0 Å². The van der Waals surface area contributed by atoms with Gasteiger partial charge in [0, 0.05) is 6.04 Å². The molecule has 0 amide bonds. The van der Waals surface area contributed by atoms with Crippen molar-refractivity contribution in [3.8, 4) is 0 Å². The van der Waals surface area contributed by atoms with Gasteiger partial charge in [0.2, 0.25) is 0 Å². The summed E-state index contributed by atoms with van der Waals surface area (Å²) < 4.78 is 0. The number of nitrogens with zero attached hydrogens (tertiary/aromatic N) is 1. The largest absolute Gasteiger partial charge is 0.306 e. The van der Waals surface area contributed by atoms with E-state index in [9.17, 15) is 0 Å². The van der Waals surface area contributed by atoms with Crippen LogP contribution in [0.4, 0.5) is 0 Å². The van der Waals surface area contributed by atoms with E-state index in [1.165, 1.54) is 12.6 Å². The van der Waals surface area contributed by atoms with Gasteiger partial charge in [-0.05, 0) is 25.2 Å². The maximum Gasteiger partial charge on any atom is 0.0706 e. The first-order chi connectivity index (χ1) is 6.63. The third-order valence-electron chi connectivity index (χ3n) is 4.48. The minimum absolute atomic E-state index is 0.782. The Kier molecular flexibility index (Phi) is 3.03. The van der Waals surface area contributed by atoms with Crippen LogP contribution in [0.15, 0.2) is 0 Å². The van der Waals surface area contributed by atoms with Gasteiger partial charge in [0.05, 0.1) is 8.07 Å². The van der Waals surface area contributed by atoms with Crippen LogP contribution in [0.25, 0.3) is 0 Å². The van der Waals surface area contributed by atoms with Gasteiger partial charge in [0.1, 0.15) is 0 Å². The minimum atomic E-state index is -0.782. The Labute approximate surface area is 89.9 Å². The molecule has 2 aliphatic heterocycles. The van der Waals surface area contributed by atoms with Gasteiger partial charge in [-0.15, -0.1) is 0 Å². The first-order valence-corrected chi connectivity index (χ1v) is 9.16. The highest BCUT2D eigenvalue weighted by Gasteiger charge is 2.45. The first kappa shape index (κ1) is 10.7. The topological polar surface area (TPSA) is 3.24 Å². The van der Waals surface area contributed by atoms with E-state index in [2.05, 4.69) is 25.8 Å². The molecule has 0 radical (unpaired) electrons. The minimum Gasteiger partial charge on any atom is -0.306 e. The molecule has 0 aromatic carbocycles. The molecule has 0 aliphatic carbocycles. The summed E-state index contributed by atoms with van der Waals surface area (Å²) in [6, 6.07) is 5.81. The molecular formula is C12H25NSi. The molecule has 0 N–H and O–H groups in total. The molecular weight excluding hydrogens is 186 g/mol. The summed E-state index contributed by atoms with van der Waals surface area (Å²) in [6.45, 7) is 4.80. The van der Waals surface area contributed by atoms with Crippen LogP contribution in [0, 0.1) is 5.92 Å². The lowest BCUT2D eigenvalue weighted by Gasteiger charge is -2.30. The highest BCUT2D eigenvalue weighted by molar-refractivity contribution is 6.81. The fraction of sp³-hybridized carbons (Fsp3) is 1.00. The van der Waals surface area contributed by atoms with E-state index in [-0.39, 0.29) is 0 Å². The lowest BCUT2D eigenvalue weighted by molar-refractivity contribution is 0.258. The van der Waals surface area contributed by atoms with E-state index in [1.807, 2.05) is 0 Å². The van der Waals surface area contributed by atoms with E-state index in [4.69, 9.17) is 0 Å². The Morgan fingerprint density at radius 2 is 1.79 bits per heavy atom. The van der Waals surface area contributed by atoms with Crippen molar-refractivity contribution in [2.45, 2.75) is 57.3 Å². The Balaban J connectivity index is 2.03. The van der Waals surface area contributed by atoms with Gasteiger partial charge in [0.25, 0.3) is 0 Å². The predicted molar refractivity (Wildman–Crippen MR) is 65.3 cm³/mol. The molecule has 14 heavy (non-hydrogen) atoms. The molecule has 0 bridgehead atoms. The number of rotatable bonds is 1. The third kappa shape index (κ3) is 1.92. The molecule has 2 aliphatic rings. The smallest absolute Gasteiger partial charge is 0.0706 e. The number of hydrogen-bond donors (Lipinski definition) is 0. The van der Waals surface area contributed by atoms with Gasteiger partial charge in [-0.2, -0.15) is 0 Å². The molecule has 0 unspecified atom stereocenters. The number of hydrogen-bond acceptors (Lipinski definition) is 1. The van der Waals surface area contributed by atoms with E-state index in [1.54, 1.807) is 31.0 Å². The molecule has 0 saturated carbocycles. The normalized spacial score (nSPS) is 33.0. The van der Waals surface area contributed by atoms with Crippen molar-refractivity contribution in [1.29, 1.82) is 0 Å². The standard InChI is InChI=1S/C12H25NSi/c1-11(2)12-9-14(10-13(12)3)7-5-4-6-8-14/h11-12H,4-10H2,1-3H3/t12-/m1/s1. The molecule has 2 saturated heterocycles. The van der Waals surface area contributed by atoms with Crippen LogP contribution >= 0.6 is 0 Å². The molecule has 1 atom stereocenters. The van der Waals surface area contributed by atoms with Gasteiger partial charge in [0.15, 0.2) is 0 Å². The monoisotopic (exact) mass is 211 g/mol. The lowest BCUT2D eigenvalue weighted by Crippen LogP contribution is -2.39. The van der Waals surface area contributed by atoms with Crippen molar-refractivity contribution in [2.75, 3.05) is 13.2 Å². The van der Waals surface area contributed by atoms with Crippen LogP contribution in [-0.4, -0.2) is 32.2 Å². The van der Waals surface area contributed by atoms with Crippen molar-refractivity contribution in [3.63, 3.8) is 0 Å². The predicted octanol–water partition coefficient (Wildman–Crippen LogP) is 3.13. The fourth-order valence-corrected chi connectivity index (χ4v) is 9.79. The molecule has 1 nitrogen and oxygen atoms in total. The van der Waals surface area contributed by atoms with Crippen LogP contribution < -0.4 is 0 Å². The lowest BCUT2D eigenvalue weighted by atomic mass is 10.1. The summed E-state index contributed by atoms with van der Waals surface area (Å²) in [5.41, 5.74) is 0. The molecule has 82 valence electrons. The van der Waals surface area contributed by atoms with Gasteiger partial charge < -0.3 is 4.90 Å². The molecule has 2 rings (SSSR count). The summed E-state index contributed by atoms with van der Waals surface area (Å²) >= 11 is 0. The summed E-state index contributed by atoms with van der Waals surface area (Å²) in [4.78, 5) is 2.68. The van der Waals surface area contributed by atoms with Gasteiger partial charge in [-0.25, -0.2) is 0 Å². The van der Waals surface area contributed by atoms with Crippen molar-refractivity contribution in [1.82, 2.24) is 4.90 Å². The van der Waals surface area contributed by atoms with E-state index < -0.39 is 8.07 Å². The van der Waals surface area contributed by atoms with Gasteiger partial charge >= 0.3 is 0 Å². The molecule has 0 aromatic rings. The molecule has 1 spiro atoms. The van der Waals surface area contributed by atoms with E-state index >= 15 is 0 Å². The average Bonchev–Trinajstić information content (AvgIpc) is 2.44. The van der Waals surface area contributed by atoms with Crippen molar-refractivity contribution in [3.05, 3.63) is 0 Å². The SMILES string of the molecule is CC(C)[C@H]1C[Si]2(CCCCC2)CN1C. The Morgan fingerprint density at radius 3 is 2.29 bits per heavy atom.